The lowest BCUT2D eigenvalue weighted by molar-refractivity contribution is 0.669. The van der Waals surface area contributed by atoms with E-state index in [-0.39, 0.29) is 0 Å². The molecule has 0 aliphatic carbocycles. The third kappa shape index (κ3) is 4.81. The van der Waals surface area contributed by atoms with Gasteiger partial charge in [0.1, 0.15) is 11.2 Å². The highest BCUT2D eigenvalue weighted by Crippen LogP contribution is 2.41. The van der Waals surface area contributed by atoms with E-state index in [0.717, 1.165) is 71.6 Å². The van der Waals surface area contributed by atoms with E-state index in [2.05, 4.69) is 161 Å². The van der Waals surface area contributed by atoms with Gasteiger partial charge in [-0.15, -0.1) is 0 Å². The summed E-state index contributed by atoms with van der Waals surface area (Å²) in [6, 6.07) is 65.5. The lowest BCUT2D eigenvalue weighted by Crippen LogP contribution is -2.06. The van der Waals surface area contributed by atoms with E-state index >= 15 is 0 Å². The number of para-hydroxylation sites is 4. The SMILES string of the molecule is c1ccc(-c2nc(-c3cccc4c3oc3cc(-n5c6ccccc6c6c(-c7ccccc7)cccc65)ccc34)nc(-n3c4ccccc4c4ccccc43)n2)cc1. The smallest absolute Gasteiger partial charge is 0.238 e. The van der Waals surface area contributed by atoms with E-state index in [4.69, 9.17) is 19.4 Å². The first kappa shape index (κ1) is 31.5. The quantitative estimate of drug-likeness (QED) is 0.177. The summed E-state index contributed by atoms with van der Waals surface area (Å²) in [5.41, 5.74) is 11.0. The number of hydrogen-bond acceptors (Lipinski definition) is 4. The van der Waals surface area contributed by atoms with Gasteiger partial charge in [-0.25, -0.2) is 4.98 Å². The van der Waals surface area contributed by atoms with Crippen molar-refractivity contribution >= 4 is 65.6 Å². The van der Waals surface area contributed by atoms with E-state index in [1.807, 2.05) is 36.4 Å². The molecule has 12 aromatic rings. The zero-order chi connectivity index (χ0) is 37.5. The molecule has 0 saturated heterocycles. The average molecular weight is 730 g/mol. The number of fused-ring (bicyclic) bond motifs is 9. The van der Waals surface area contributed by atoms with Crippen LogP contribution >= 0.6 is 0 Å². The van der Waals surface area contributed by atoms with Gasteiger partial charge in [-0.3, -0.25) is 4.57 Å². The van der Waals surface area contributed by atoms with Crippen molar-refractivity contribution in [2.45, 2.75) is 0 Å². The maximum atomic E-state index is 6.89. The molecule has 0 fully saturated rings. The minimum Gasteiger partial charge on any atom is -0.455 e. The topological polar surface area (TPSA) is 61.7 Å². The Morgan fingerprint density at radius 2 is 0.930 bits per heavy atom. The molecule has 0 radical (unpaired) electrons. The normalized spacial score (nSPS) is 11.9. The zero-order valence-corrected chi connectivity index (χ0v) is 30.5. The van der Waals surface area contributed by atoms with Crippen molar-refractivity contribution in [2.75, 3.05) is 0 Å². The van der Waals surface area contributed by atoms with E-state index in [0.29, 0.717) is 17.6 Å². The van der Waals surface area contributed by atoms with Crippen molar-refractivity contribution in [2.24, 2.45) is 0 Å². The van der Waals surface area contributed by atoms with E-state index < -0.39 is 0 Å². The van der Waals surface area contributed by atoms with Crippen LogP contribution in [0.3, 0.4) is 0 Å². The molecular weight excluding hydrogens is 699 g/mol. The summed E-state index contributed by atoms with van der Waals surface area (Å²) in [7, 11) is 0. The van der Waals surface area contributed by atoms with Gasteiger partial charge in [0.2, 0.25) is 5.95 Å². The van der Waals surface area contributed by atoms with Crippen LogP contribution in [-0.4, -0.2) is 24.1 Å². The molecule has 266 valence electrons. The predicted octanol–water partition coefficient (Wildman–Crippen LogP) is 13.0. The Kier molecular flexibility index (Phi) is 6.83. The van der Waals surface area contributed by atoms with Crippen LogP contribution in [0.1, 0.15) is 0 Å². The van der Waals surface area contributed by atoms with Gasteiger partial charge in [-0.05, 0) is 53.6 Å². The van der Waals surface area contributed by atoms with Crippen LogP contribution in [0.25, 0.3) is 111 Å². The molecule has 8 aromatic carbocycles. The van der Waals surface area contributed by atoms with Gasteiger partial charge >= 0.3 is 0 Å². The number of furan rings is 1. The number of benzene rings is 8. The zero-order valence-electron chi connectivity index (χ0n) is 30.5. The van der Waals surface area contributed by atoms with Crippen molar-refractivity contribution < 1.29 is 4.42 Å². The van der Waals surface area contributed by atoms with Crippen LogP contribution in [-0.2, 0) is 0 Å². The molecule has 0 atom stereocenters. The Morgan fingerprint density at radius 1 is 0.368 bits per heavy atom. The Balaban J connectivity index is 1.07. The van der Waals surface area contributed by atoms with Crippen LogP contribution in [0.15, 0.2) is 192 Å². The second-order valence-electron chi connectivity index (χ2n) is 14.4. The molecule has 0 aliphatic rings. The maximum absolute atomic E-state index is 6.89. The molecule has 0 amide bonds. The van der Waals surface area contributed by atoms with Gasteiger partial charge in [-0.1, -0.05) is 140 Å². The first-order valence-corrected chi connectivity index (χ1v) is 19.1. The van der Waals surface area contributed by atoms with Crippen molar-refractivity contribution in [3.05, 3.63) is 188 Å². The second kappa shape index (κ2) is 12.3. The van der Waals surface area contributed by atoms with Crippen molar-refractivity contribution in [1.82, 2.24) is 24.1 Å². The van der Waals surface area contributed by atoms with Gasteiger partial charge in [0.15, 0.2) is 11.6 Å². The van der Waals surface area contributed by atoms with Gasteiger partial charge in [0, 0.05) is 49.6 Å². The first-order valence-electron chi connectivity index (χ1n) is 19.1. The molecular formula is C51H31N5O. The monoisotopic (exact) mass is 729 g/mol. The third-order valence-corrected chi connectivity index (χ3v) is 11.2. The molecule has 0 saturated carbocycles. The maximum Gasteiger partial charge on any atom is 0.238 e. The second-order valence-corrected chi connectivity index (χ2v) is 14.4. The largest absolute Gasteiger partial charge is 0.455 e. The Hall–Kier alpha value is -7.83. The molecule has 4 aromatic heterocycles. The fourth-order valence-corrected chi connectivity index (χ4v) is 8.70. The van der Waals surface area contributed by atoms with E-state index in [1.54, 1.807) is 0 Å². The summed E-state index contributed by atoms with van der Waals surface area (Å²) in [5, 5.41) is 6.76. The fourth-order valence-electron chi connectivity index (χ4n) is 8.70. The van der Waals surface area contributed by atoms with Gasteiger partial charge in [0.05, 0.1) is 27.6 Å². The molecule has 0 aliphatic heterocycles. The van der Waals surface area contributed by atoms with Crippen molar-refractivity contribution in [3.8, 4) is 45.5 Å². The fraction of sp³-hybridized carbons (Fsp3) is 0. The van der Waals surface area contributed by atoms with Crippen LogP contribution in [0.2, 0.25) is 0 Å². The number of aromatic nitrogens is 5. The van der Waals surface area contributed by atoms with Gasteiger partial charge in [0.25, 0.3) is 0 Å². The summed E-state index contributed by atoms with van der Waals surface area (Å²) in [6.07, 6.45) is 0. The minimum absolute atomic E-state index is 0.543. The van der Waals surface area contributed by atoms with Crippen LogP contribution in [0.5, 0.6) is 0 Å². The summed E-state index contributed by atoms with van der Waals surface area (Å²) in [5.74, 6) is 1.68. The summed E-state index contributed by atoms with van der Waals surface area (Å²) in [6.45, 7) is 0. The van der Waals surface area contributed by atoms with E-state index in [1.165, 1.54) is 21.9 Å². The molecule has 6 heteroatoms. The molecule has 57 heavy (non-hydrogen) atoms. The summed E-state index contributed by atoms with van der Waals surface area (Å²) < 4.78 is 11.4. The van der Waals surface area contributed by atoms with Crippen LogP contribution in [0, 0.1) is 0 Å². The Bertz CT molecular complexity index is 3470. The number of hydrogen-bond donors (Lipinski definition) is 0. The highest BCUT2D eigenvalue weighted by molar-refractivity contribution is 6.16. The summed E-state index contributed by atoms with van der Waals surface area (Å²) in [4.78, 5) is 15.5. The van der Waals surface area contributed by atoms with Crippen molar-refractivity contribution in [1.29, 1.82) is 0 Å². The molecule has 0 unspecified atom stereocenters. The highest BCUT2D eigenvalue weighted by atomic mass is 16.3. The third-order valence-electron chi connectivity index (χ3n) is 11.2. The standard InChI is InChI=1S/C51H31N5O/c1-3-15-32(16-4-1)35-22-14-28-45-47(35)40-21-9-12-27-44(40)55(45)34-29-30-38-39-23-13-24-41(48(39)57-46(38)31-34)50-52-49(33-17-5-2-6-18-33)53-51(54-50)56-42-25-10-7-19-36(42)37-20-8-11-26-43(37)56/h1-31H. The lowest BCUT2D eigenvalue weighted by Gasteiger charge is -2.11. The molecule has 4 heterocycles. The Morgan fingerprint density at radius 3 is 1.67 bits per heavy atom. The molecule has 12 rings (SSSR count). The van der Waals surface area contributed by atoms with Crippen LogP contribution in [0.4, 0.5) is 0 Å². The highest BCUT2D eigenvalue weighted by Gasteiger charge is 2.21. The average Bonchev–Trinajstić information content (AvgIpc) is 3.94. The molecule has 6 nitrogen and oxygen atoms in total. The van der Waals surface area contributed by atoms with Gasteiger partial charge in [-0.2, -0.15) is 9.97 Å². The number of nitrogens with zero attached hydrogens (tertiary/aromatic N) is 5. The predicted molar refractivity (Wildman–Crippen MR) is 232 cm³/mol. The lowest BCUT2D eigenvalue weighted by atomic mass is 9.99. The van der Waals surface area contributed by atoms with Crippen molar-refractivity contribution in [3.63, 3.8) is 0 Å². The minimum atomic E-state index is 0.543. The Labute approximate surface area is 326 Å². The molecule has 0 bridgehead atoms. The molecule has 0 spiro atoms. The number of rotatable bonds is 5. The first-order chi connectivity index (χ1) is 28.3. The van der Waals surface area contributed by atoms with Gasteiger partial charge < -0.3 is 8.98 Å². The molecule has 0 N–H and O–H groups in total. The van der Waals surface area contributed by atoms with E-state index in [9.17, 15) is 0 Å². The summed E-state index contributed by atoms with van der Waals surface area (Å²) >= 11 is 0. The van der Waals surface area contributed by atoms with Crippen LogP contribution < -0.4 is 0 Å².